The van der Waals surface area contributed by atoms with Crippen LogP contribution in [0.3, 0.4) is 0 Å². The van der Waals surface area contributed by atoms with E-state index in [1.807, 2.05) is 11.3 Å². The fourth-order valence-corrected chi connectivity index (χ4v) is 3.26. The second-order valence-electron chi connectivity index (χ2n) is 5.45. The van der Waals surface area contributed by atoms with Gasteiger partial charge in [-0.2, -0.15) is 0 Å². The molecule has 1 aliphatic rings. The Hall–Kier alpha value is -0.410. The van der Waals surface area contributed by atoms with E-state index in [9.17, 15) is 0 Å². The third-order valence-electron chi connectivity index (χ3n) is 3.49. The molecule has 0 amide bonds. The summed E-state index contributed by atoms with van der Waals surface area (Å²) in [6.07, 6.45) is 5.30. The van der Waals surface area contributed by atoms with E-state index >= 15 is 0 Å². The van der Waals surface area contributed by atoms with Crippen LogP contribution in [0.1, 0.15) is 43.8 Å². The molecule has 16 heavy (non-hydrogen) atoms. The molecule has 0 saturated heterocycles. The number of aryl methyl sites for hydroxylation is 1. The zero-order chi connectivity index (χ0) is 11.6. The fourth-order valence-electron chi connectivity index (χ4n) is 2.32. The molecule has 1 aliphatic carbocycles. The lowest BCUT2D eigenvalue weighted by Gasteiger charge is -2.42. The molecule has 0 radical (unpaired) electrons. The van der Waals surface area contributed by atoms with Gasteiger partial charge >= 0.3 is 0 Å². The molecule has 0 unspecified atom stereocenters. The minimum Gasteiger partial charge on any atom is -0.314 e. The van der Waals surface area contributed by atoms with E-state index in [0.717, 1.165) is 6.54 Å². The van der Waals surface area contributed by atoms with Gasteiger partial charge in [0.15, 0.2) is 0 Å². The standard InChI is InChI=1S/C13H22N2S/c1-10(2)14-9-13(5-4-6-13)7-12-15-11(3)8-16-12/h8,10,14H,4-7,9H2,1-3H3. The van der Waals surface area contributed by atoms with Crippen LogP contribution in [0.2, 0.25) is 0 Å². The van der Waals surface area contributed by atoms with E-state index in [1.165, 1.54) is 36.4 Å². The molecule has 1 N–H and O–H groups in total. The monoisotopic (exact) mass is 238 g/mol. The van der Waals surface area contributed by atoms with Crippen molar-refractivity contribution in [3.8, 4) is 0 Å². The molecular formula is C13H22N2S. The Morgan fingerprint density at radius 3 is 2.69 bits per heavy atom. The average Bonchev–Trinajstić information content (AvgIpc) is 2.55. The van der Waals surface area contributed by atoms with E-state index in [1.54, 1.807) is 0 Å². The van der Waals surface area contributed by atoms with E-state index in [2.05, 4.69) is 36.5 Å². The first kappa shape index (κ1) is 12.1. The SMILES string of the molecule is Cc1csc(CC2(CNC(C)C)CCC2)n1. The normalized spacial score (nSPS) is 18.8. The maximum atomic E-state index is 4.60. The Labute approximate surface area is 102 Å². The van der Waals surface area contributed by atoms with Crippen LogP contribution in [0.15, 0.2) is 5.38 Å². The largest absolute Gasteiger partial charge is 0.314 e. The first-order valence-corrected chi connectivity index (χ1v) is 7.12. The van der Waals surface area contributed by atoms with Crippen LogP contribution in [0.25, 0.3) is 0 Å². The van der Waals surface area contributed by atoms with Crippen molar-refractivity contribution >= 4 is 11.3 Å². The van der Waals surface area contributed by atoms with Gasteiger partial charge in [0.25, 0.3) is 0 Å². The van der Waals surface area contributed by atoms with Crippen LogP contribution >= 0.6 is 11.3 Å². The van der Waals surface area contributed by atoms with Gasteiger partial charge < -0.3 is 5.32 Å². The van der Waals surface area contributed by atoms with Gasteiger partial charge in [0, 0.05) is 30.1 Å². The molecular weight excluding hydrogens is 216 g/mol. The smallest absolute Gasteiger partial charge is 0.0934 e. The molecule has 1 saturated carbocycles. The van der Waals surface area contributed by atoms with Crippen LogP contribution in [-0.2, 0) is 6.42 Å². The van der Waals surface area contributed by atoms with Crippen molar-refractivity contribution in [3.05, 3.63) is 16.1 Å². The van der Waals surface area contributed by atoms with Crippen molar-refractivity contribution in [2.45, 2.75) is 52.5 Å². The fraction of sp³-hybridized carbons (Fsp3) is 0.769. The topological polar surface area (TPSA) is 24.9 Å². The number of hydrogen-bond donors (Lipinski definition) is 1. The number of rotatable bonds is 5. The zero-order valence-electron chi connectivity index (χ0n) is 10.5. The summed E-state index contributed by atoms with van der Waals surface area (Å²) in [5, 5.41) is 7.08. The van der Waals surface area contributed by atoms with Gasteiger partial charge in [0.05, 0.1) is 5.01 Å². The maximum absolute atomic E-state index is 4.60. The van der Waals surface area contributed by atoms with E-state index in [4.69, 9.17) is 0 Å². The summed E-state index contributed by atoms with van der Waals surface area (Å²) in [6.45, 7) is 7.68. The molecule has 0 aromatic carbocycles. The number of nitrogens with zero attached hydrogens (tertiary/aromatic N) is 1. The highest BCUT2D eigenvalue weighted by atomic mass is 32.1. The molecule has 1 aromatic rings. The third-order valence-corrected chi connectivity index (χ3v) is 4.46. The molecule has 0 spiro atoms. The quantitative estimate of drug-likeness (QED) is 0.852. The van der Waals surface area contributed by atoms with Crippen molar-refractivity contribution in [1.29, 1.82) is 0 Å². The lowest BCUT2D eigenvalue weighted by molar-refractivity contribution is 0.126. The predicted octanol–water partition coefficient (Wildman–Crippen LogP) is 3.16. The Kier molecular flexibility index (Phi) is 3.65. The molecule has 2 nitrogen and oxygen atoms in total. The highest BCUT2D eigenvalue weighted by Crippen LogP contribution is 2.43. The summed E-state index contributed by atoms with van der Waals surface area (Å²) in [6, 6.07) is 0.593. The summed E-state index contributed by atoms with van der Waals surface area (Å²) in [4.78, 5) is 4.60. The Morgan fingerprint density at radius 1 is 1.50 bits per heavy atom. The van der Waals surface area contributed by atoms with E-state index in [-0.39, 0.29) is 0 Å². The minimum absolute atomic E-state index is 0.508. The second kappa shape index (κ2) is 4.84. The van der Waals surface area contributed by atoms with Crippen LogP contribution in [0.5, 0.6) is 0 Å². The summed E-state index contributed by atoms with van der Waals surface area (Å²) in [5.74, 6) is 0. The molecule has 1 heterocycles. The molecule has 0 atom stereocenters. The van der Waals surface area contributed by atoms with Crippen molar-refractivity contribution in [2.75, 3.05) is 6.54 Å². The molecule has 1 aromatic heterocycles. The average molecular weight is 238 g/mol. The van der Waals surface area contributed by atoms with Crippen molar-refractivity contribution in [1.82, 2.24) is 10.3 Å². The summed E-state index contributed by atoms with van der Waals surface area (Å²) in [7, 11) is 0. The summed E-state index contributed by atoms with van der Waals surface area (Å²) in [5.41, 5.74) is 1.68. The van der Waals surface area contributed by atoms with E-state index in [0.29, 0.717) is 11.5 Å². The van der Waals surface area contributed by atoms with Gasteiger partial charge in [-0.3, -0.25) is 0 Å². The molecule has 3 heteroatoms. The van der Waals surface area contributed by atoms with Gasteiger partial charge in [0.2, 0.25) is 0 Å². The molecule has 1 fully saturated rings. The highest BCUT2D eigenvalue weighted by molar-refractivity contribution is 7.09. The molecule has 0 aliphatic heterocycles. The summed E-state index contributed by atoms with van der Waals surface area (Å²) < 4.78 is 0. The minimum atomic E-state index is 0.508. The zero-order valence-corrected chi connectivity index (χ0v) is 11.4. The van der Waals surface area contributed by atoms with Crippen molar-refractivity contribution in [2.24, 2.45) is 5.41 Å². The van der Waals surface area contributed by atoms with Gasteiger partial charge in [-0.05, 0) is 25.2 Å². The number of thiazole rings is 1. The predicted molar refractivity (Wildman–Crippen MR) is 70.0 cm³/mol. The Bertz CT molecular complexity index is 339. The number of hydrogen-bond acceptors (Lipinski definition) is 3. The number of nitrogens with one attached hydrogen (secondary N) is 1. The maximum Gasteiger partial charge on any atom is 0.0934 e. The number of aromatic nitrogens is 1. The summed E-state index contributed by atoms with van der Waals surface area (Å²) >= 11 is 1.82. The first-order valence-electron chi connectivity index (χ1n) is 6.24. The van der Waals surface area contributed by atoms with Gasteiger partial charge in [-0.25, -0.2) is 4.98 Å². The first-order chi connectivity index (χ1) is 7.60. The van der Waals surface area contributed by atoms with Crippen LogP contribution < -0.4 is 5.32 Å². The van der Waals surface area contributed by atoms with Gasteiger partial charge in [-0.15, -0.1) is 11.3 Å². The van der Waals surface area contributed by atoms with Crippen molar-refractivity contribution < 1.29 is 0 Å². The van der Waals surface area contributed by atoms with Crippen molar-refractivity contribution in [3.63, 3.8) is 0 Å². The molecule has 0 bridgehead atoms. The highest BCUT2D eigenvalue weighted by Gasteiger charge is 2.37. The third kappa shape index (κ3) is 2.83. The lowest BCUT2D eigenvalue weighted by Crippen LogP contribution is -2.43. The Balaban J connectivity index is 1.94. The Morgan fingerprint density at radius 2 is 2.25 bits per heavy atom. The molecule has 2 rings (SSSR count). The second-order valence-corrected chi connectivity index (χ2v) is 6.39. The van der Waals surface area contributed by atoms with Gasteiger partial charge in [0.1, 0.15) is 0 Å². The van der Waals surface area contributed by atoms with Gasteiger partial charge in [-0.1, -0.05) is 20.3 Å². The van der Waals surface area contributed by atoms with Crippen LogP contribution in [0.4, 0.5) is 0 Å². The lowest BCUT2D eigenvalue weighted by atomic mass is 9.66. The van der Waals surface area contributed by atoms with Crippen LogP contribution in [0, 0.1) is 12.3 Å². The van der Waals surface area contributed by atoms with Crippen LogP contribution in [-0.4, -0.2) is 17.6 Å². The molecule has 90 valence electrons. The van der Waals surface area contributed by atoms with E-state index < -0.39 is 0 Å².